The van der Waals surface area contributed by atoms with E-state index in [4.69, 9.17) is 0 Å². The van der Waals surface area contributed by atoms with Crippen molar-refractivity contribution in [1.29, 1.82) is 0 Å². The Balaban J connectivity index is 1.49. The minimum Gasteiger partial charge on any atom is -0.393 e. The molecule has 4 aliphatic rings. The van der Waals surface area contributed by atoms with Gasteiger partial charge >= 0.3 is 0 Å². The number of fused-ring (bicyclic) bond motifs is 5. The fraction of sp³-hybridized carbons (Fsp3) is 0.926. The van der Waals surface area contributed by atoms with Gasteiger partial charge in [-0.05, 0) is 97.7 Å². The zero-order valence-corrected chi connectivity index (χ0v) is 19.3. The van der Waals surface area contributed by atoms with Gasteiger partial charge in [0.2, 0.25) is 0 Å². The lowest BCUT2D eigenvalue weighted by Gasteiger charge is -2.58. The quantitative estimate of drug-likeness (QED) is 0.488. The summed E-state index contributed by atoms with van der Waals surface area (Å²) in [4.78, 5) is 0. The van der Waals surface area contributed by atoms with E-state index in [1.807, 2.05) is 0 Å². The number of allylic oxidation sites excluding steroid dienone is 1. The van der Waals surface area contributed by atoms with Crippen LogP contribution in [-0.4, -0.2) is 11.2 Å². The zero-order chi connectivity index (χ0) is 20.1. The van der Waals surface area contributed by atoms with Gasteiger partial charge in [0.05, 0.1) is 6.10 Å². The van der Waals surface area contributed by atoms with E-state index in [0.29, 0.717) is 10.8 Å². The molecule has 6 unspecified atom stereocenters. The molecule has 0 heterocycles. The van der Waals surface area contributed by atoms with E-state index in [2.05, 4.69) is 40.7 Å². The van der Waals surface area contributed by atoms with E-state index in [-0.39, 0.29) is 6.10 Å². The lowest BCUT2D eigenvalue weighted by atomic mass is 9.47. The molecule has 0 spiro atoms. The molecule has 0 aromatic rings. The maximum Gasteiger partial charge on any atom is 0.0577 e. The Hall–Kier alpha value is -0.300. The molecule has 3 fully saturated rings. The molecule has 0 aromatic heterocycles. The molecule has 0 amide bonds. The number of hydrogen-bond donors (Lipinski definition) is 1. The van der Waals surface area contributed by atoms with Gasteiger partial charge in [-0.1, -0.05) is 65.5 Å². The van der Waals surface area contributed by atoms with E-state index in [0.717, 1.165) is 48.3 Å². The van der Waals surface area contributed by atoms with Gasteiger partial charge in [0.25, 0.3) is 0 Å². The van der Waals surface area contributed by atoms with Crippen LogP contribution in [0.1, 0.15) is 105 Å². The second-order valence-electron chi connectivity index (χ2n) is 12.2. The highest BCUT2D eigenvalue weighted by Gasteiger charge is 2.59. The zero-order valence-electron chi connectivity index (χ0n) is 19.3. The SMILES string of the molecule is CC(C)CCCC(C)C1CCC2C3CC=C4CC(O)CC[C@@]4(C)C3CC[C@@]12C. The van der Waals surface area contributed by atoms with Crippen molar-refractivity contribution in [2.45, 2.75) is 111 Å². The maximum absolute atomic E-state index is 10.2. The fourth-order valence-corrected chi connectivity index (χ4v) is 8.67. The van der Waals surface area contributed by atoms with Crippen molar-refractivity contribution >= 4 is 0 Å². The second kappa shape index (κ2) is 7.75. The molecule has 0 saturated heterocycles. The number of aliphatic hydroxyl groups is 1. The molecule has 1 nitrogen and oxygen atoms in total. The van der Waals surface area contributed by atoms with Gasteiger partial charge in [-0.25, -0.2) is 0 Å². The molecule has 0 aliphatic heterocycles. The largest absolute Gasteiger partial charge is 0.393 e. The van der Waals surface area contributed by atoms with Crippen molar-refractivity contribution < 1.29 is 5.11 Å². The molecular formula is C27H46O. The van der Waals surface area contributed by atoms with E-state index in [9.17, 15) is 5.11 Å². The van der Waals surface area contributed by atoms with Crippen LogP contribution >= 0.6 is 0 Å². The summed E-state index contributed by atoms with van der Waals surface area (Å²) in [6.07, 6.45) is 17.2. The molecule has 4 rings (SSSR count). The van der Waals surface area contributed by atoms with Crippen molar-refractivity contribution in [3.8, 4) is 0 Å². The van der Waals surface area contributed by atoms with Gasteiger partial charge in [0.1, 0.15) is 0 Å². The molecule has 3 saturated carbocycles. The highest BCUT2D eigenvalue weighted by molar-refractivity contribution is 5.25. The first kappa shape index (κ1) is 21.0. The monoisotopic (exact) mass is 386 g/mol. The predicted molar refractivity (Wildman–Crippen MR) is 119 cm³/mol. The lowest BCUT2D eigenvalue weighted by molar-refractivity contribution is -0.0573. The molecule has 1 heteroatoms. The first-order chi connectivity index (χ1) is 13.3. The highest BCUT2D eigenvalue weighted by atomic mass is 16.3. The summed E-state index contributed by atoms with van der Waals surface area (Å²) in [5.41, 5.74) is 2.60. The van der Waals surface area contributed by atoms with Gasteiger partial charge in [-0.3, -0.25) is 0 Å². The van der Waals surface area contributed by atoms with Crippen LogP contribution in [0.25, 0.3) is 0 Å². The number of aliphatic hydroxyl groups excluding tert-OH is 1. The van der Waals surface area contributed by atoms with Crippen LogP contribution in [0.3, 0.4) is 0 Å². The average molecular weight is 387 g/mol. The van der Waals surface area contributed by atoms with Crippen molar-refractivity contribution in [2.75, 3.05) is 0 Å². The topological polar surface area (TPSA) is 20.2 Å². The summed E-state index contributed by atoms with van der Waals surface area (Å²) < 4.78 is 0. The maximum atomic E-state index is 10.2. The standard InChI is InChI=1S/C27H46O/c1-18(2)7-6-8-19(3)23-11-12-24-22-10-9-20-17-21(28)13-15-26(20,4)25(22)14-16-27(23,24)5/h9,18-19,21-25,28H,6-8,10-17H2,1-5H3/t19?,21?,22?,23?,24?,25?,26-,27+/m1/s1. The number of hydrogen-bond acceptors (Lipinski definition) is 1. The minimum atomic E-state index is -0.0766. The Morgan fingerprint density at radius 2 is 1.79 bits per heavy atom. The van der Waals surface area contributed by atoms with Crippen LogP contribution in [0, 0.1) is 46.3 Å². The van der Waals surface area contributed by atoms with E-state index >= 15 is 0 Å². The summed E-state index contributed by atoms with van der Waals surface area (Å²) in [6, 6.07) is 0. The van der Waals surface area contributed by atoms with Gasteiger partial charge in [0, 0.05) is 0 Å². The Morgan fingerprint density at radius 3 is 2.54 bits per heavy atom. The second-order valence-corrected chi connectivity index (χ2v) is 12.2. The normalized spacial score (nSPS) is 46.5. The summed E-state index contributed by atoms with van der Waals surface area (Å²) in [7, 11) is 0. The van der Waals surface area contributed by atoms with Crippen LogP contribution in [0.15, 0.2) is 11.6 Å². The molecule has 0 bridgehead atoms. The van der Waals surface area contributed by atoms with E-state index in [1.165, 1.54) is 57.8 Å². The van der Waals surface area contributed by atoms with Crippen LogP contribution in [-0.2, 0) is 0 Å². The van der Waals surface area contributed by atoms with Gasteiger partial charge in [0.15, 0.2) is 0 Å². The molecule has 0 aromatic carbocycles. The third-order valence-corrected chi connectivity index (χ3v) is 10.3. The molecule has 1 N–H and O–H groups in total. The Kier molecular flexibility index (Phi) is 5.80. The van der Waals surface area contributed by atoms with Gasteiger partial charge in [-0.2, -0.15) is 0 Å². The molecule has 0 radical (unpaired) electrons. The Labute approximate surface area is 174 Å². The first-order valence-corrected chi connectivity index (χ1v) is 12.6. The molecule has 28 heavy (non-hydrogen) atoms. The van der Waals surface area contributed by atoms with E-state index < -0.39 is 0 Å². The van der Waals surface area contributed by atoms with E-state index in [1.54, 1.807) is 5.57 Å². The molecule has 8 atom stereocenters. The fourth-order valence-electron chi connectivity index (χ4n) is 8.67. The summed E-state index contributed by atoms with van der Waals surface area (Å²) in [6.45, 7) is 12.6. The Bertz CT molecular complexity index is 591. The van der Waals surface area contributed by atoms with Crippen LogP contribution in [0.4, 0.5) is 0 Å². The first-order valence-electron chi connectivity index (χ1n) is 12.6. The predicted octanol–water partition coefficient (Wildman–Crippen LogP) is 7.39. The van der Waals surface area contributed by atoms with Crippen molar-refractivity contribution in [3.05, 3.63) is 11.6 Å². The third-order valence-electron chi connectivity index (χ3n) is 10.3. The average Bonchev–Trinajstić information content (AvgIpc) is 2.99. The summed E-state index contributed by atoms with van der Waals surface area (Å²) in [5.74, 6) is 5.46. The van der Waals surface area contributed by atoms with Crippen molar-refractivity contribution in [1.82, 2.24) is 0 Å². The lowest BCUT2D eigenvalue weighted by Crippen LogP contribution is -2.50. The smallest absolute Gasteiger partial charge is 0.0577 e. The highest BCUT2D eigenvalue weighted by Crippen LogP contribution is 2.67. The third kappa shape index (κ3) is 3.42. The van der Waals surface area contributed by atoms with Gasteiger partial charge < -0.3 is 5.11 Å². The van der Waals surface area contributed by atoms with Crippen molar-refractivity contribution in [3.63, 3.8) is 0 Å². The molecule has 160 valence electrons. The van der Waals surface area contributed by atoms with Crippen LogP contribution < -0.4 is 0 Å². The molecule has 4 aliphatic carbocycles. The van der Waals surface area contributed by atoms with Crippen LogP contribution in [0.2, 0.25) is 0 Å². The summed E-state index contributed by atoms with van der Waals surface area (Å²) >= 11 is 0. The minimum absolute atomic E-state index is 0.0766. The summed E-state index contributed by atoms with van der Waals surface area (Å²) in [5, 5.41) is 10.2. The molecular weight excluding hydrogens is 340 g/mol. The Morgan fingerprint density at radius 1 is 1.00 bits per heavy atom. The van der Waals surface area contributed by atoms with Crippen LogP contribution in [0.5, 0.6) is 0 Å². The van der Waals surface area contributed by atoms with Crippen molar-refractivity contribution in [2.24, 2.45) is 46.3 Å². The van der Waals surface area contributed by atoms with Gasteiger partial charge in [-0.15, -0.1) is 0 Å². The number of rotatable bonds is 5.